The molecule has 7 heteroatoms. The van der Waals surface area contributed by atoms with Crippen LogP contribution in [0.25, 0.3) is 0 Å². The Kier molecular flexibility index (Phi) is 5.51. The van der Waals surface area contributed by atoms with Crippen LogP contribution in [0.5, 0.6) is 5.75 Å². The molecular formula is C16H21F3N2O2. The van der Waals surface area contributed by atoms with Crippen molar-refractivity contribution >= 4 is 5.91 Å². The first-order valence-corrected chi connectivity index (χ1v) is 7.65. The Labute approximate surface area is 133 Å². The molecular weight excluding hydrogens is 309 g/mol. The summed E-state index contributed by atoms with van der Waals surface area (Å²) in [6.07, 6.45) is -3.74. The second-order valence-electron chi connectivity index (χ2n) is 5.75. The van der Waals surface area contributed by atoms with Crippen molar-refractivity contribution in [3.05, 3.63) is 29.8 Å². The number of piperidine rings is 1. The molecule has 1 fully saturated rings. The van der Waals surface area contributed by atoms with Crippen molar-refractivity contribution in [3.63, 3.8) is 0 Å². The first-order valence-electron chi connectivity index (χ1n) is 7.65. The minimum Gasteiger partial charge on any atom is -0.480 e. The van der Waals surface area contributed by atoms with Crippen molar-refractivity contribution in [1.82, 2.24) is 10.6 Å². The van der Waals surface area contributed by atoms with Crippen LogP contribution >= 0.6 is 0 Å². The van der Waals surface area contributed by atoms with Gasteiger partial charge in [-0.3, -0.25) is 4.79 Å². The molecule has 1 saturated heterocycles. The average molecular weight is 330 g/mol. The number of carbonyl (C=O) groups excluding carboxylic acids is 1. The molecule has 0 aromatic heterocycles. The smallest absolute Gasteiger partial charge is 0.419 e. The highest BCUT2D eigenvalue weighted by Gasteiger charge is 2.35. The van der Waals surface area contributed by atoms with Crippen LogP contribution in [0.3, 0.4) is 0 Å². The monoisotopic (exact) mass is 330 g/mol. The molecule has 0 radical (unpaired) electrons. The third-order valence-corrected chi connectivity index (χ3v) is 3.95. The van der Waals surface area contributed by atoms with Crippen LogP contribution in [0.4, 0.5) is 13.2 Å². The third kappa shape index (κ3) is 4.60. The third-order valence-electron chi connectivity index (χ3n) is 3.95. The quantitative estimate of drug-likeness (QED) is 0.892. The predicted molar refractivity (Wildman–Crippen MR) is 80.2 cm³/mol. The second kappa shape index (κ2) is 7.21. The van der Waals surface area contributed by atoms with E-state index in [1.54, 1.807) is 0 Å². The molecule has 23 heavy (non-hydrogen) atoms. The largest absolute Gasteiger partial charge is 0.480 e. The molecule has 0 aliphatic carbocycles. The van der Waals surface area contributed by atoms with E-state index < -0.39 is 23.8 Å². The summed E-state index contributed by atoms with van der Waals surface area (Å²) < 4.78 is 44.1. The predicted octanol–water partition coefficient (Wildman–Crippen LogP) is 2.73. The molecule has 1 aliphatic heterocycles. The van der Waals surface area contributed by atoms with Gasteiger partial charge in [0.15, 0.2) is 6.10 Å². The van der Waals surface area contributed by atoms with Gasteiger partial charge in [-0.1, -0.05) is 12.1 Å². The highest BCUT2D eigenvalue weighted by Crippen LogP contribution is 2.36. The number of para-hydroxylation sites is 1. The maximum Gasteiger partial charge on any atom is 0.419 e. The SMILES string of the molecule is CC(Oc1ccccc1C(F)(F)F)C(=O)NC1CCCNC1C. The van der Waals surface area contributed by atoms with E-state index in [1.807, 2.05) is 6.92 Å². The number of hydrogen-bond donors (Lipinski definition) is 2. The summed E-state index contributed by atoms with van der Waals surface area (Å²) in [4.78, 5) is 12.2. The van der Waals surface area contributed by atoms with Gasteiger partial charge in [0, 0.05) is 12.1 Å². The standard InChI is InChI=1S/C16H21F3N2O2/c1-10-13(7-5-9-20-10)21-15(22)11(2)23-14-8-4-3-6-12(14)16(17,18)19/h3-4,6,8,10-11,13,20H,5,7,9H2,1-2H3,(H,21,22). The van der Waals surface area contributed by atoms with Crippen LogP contribution in [0.15, 0.2) is 24.3 Å². The Morgan fingerprint density at radius 1 is 1.39 bits per heavy atom. The first kappa shape index (κ1) is 17.6. The van der Waals surface area contributed by atoms with Gasteiger partial charge in [-0.25, -0.2) is 0 Å². The lowest BCUT2D eigenvalue weighted by Crippen LogP contribution is -2.54. The number of ether oxygens (including phenoxy) is 1. The zero-order valence-electron chi connectivity index (χ0n) is 13.1. The number of carbonyl (C=O) groups is 1. The Hall–Kier alpha value is -1.76. The molecule has 1 aliphatic rings. The summed E-state index contributed by atoms with van der Waals surface area (Å²) in [5, 5.41) is 6.09. The number of rotatable bonds is 4. The number of nitrogens with one attached hydrogen (secondary N) is 2. The van der Waals surface area contributed by atoms with Gasteiger partial charge < -0.3 is 15.4 Å². The Bertz CT molecular complexity index is 548. The first-order chi connectivity index (χ1) is 10.8. The van der Waals surface area contributed by atoms with E-state index in [0.717, 1.165) is 25.5 Å². The van der Waals surface area contributed by atoms with E-state index in [2.05, 4.69) is 10.6 Å². The minimum absolute atomic E-state index is 0.0415. The fraction of sp³-hybridized carbons (Fsp3) is 0.562. The van der Waals surface area contributed by atoms with Crippen molar-refractivity contribution < 1.29 is 22.7 Å². The Morgan fingerprint density at radius 3 is 2.74 bits per heavy atom. The van der Waals surface area contributed by atoms with Crippen molar-refractivity contribution in [3.8, 4) is 5.75 Å². The van der Waals surface area contributed by atoms with E-state index >= 15 is 0 Å². The highest BCUT2D eigenvalue weighted by molar-refractivity contribution is 5.81. The van der Waals surface area contributed by atoms with Crippen molar-refractivity contribution in [2.75, 3.05) is 6.54 Å². The lowest BCUT2D eigenvalue weighted by atomic mass is 10.00. The number of halogens is 3. The van der Waals surface area contributed by atoms with Crippen LogP contribution in [-0.4, -0.2) is 30.6 Å². The molecule has 128 valence electrons. The van der Waals surface area contributed by atoms with E-state index in [-0.39, 0.29) is 17.8 Å². The molecule has 2 N–H and O–H groups in total. The van der Waals surface area contributed by atoms with Crippen molar-refractivity contribution in [1.29, 1.82) is 0 Å². The molecule has 1 heterocycles. The zero-order chi connectivity index (χ0) is 17.0. The zero-order valence-corrected chi connectivity index (χ0v) is 13.1. The van der Waals surface area contributed by atoms with Crippen LogP contribution in [0, 0.1) is 0 Å². The Balaban J connectivity index is 2.01. The van der Waals surface area contributed by atoms with Gasteiger partial charge in [-0.2, -0.15) is 13.2 Å². The molecule has 0 bridgehead atoms. The van der Waals surface area contributed by atoms with Crippen LogP contribution in [0.2, 0.25) is 0 Å². The van der Waals surface area contributed by atoms with E-state index in [0.29, 0.717) is 0 Å². The lowest BCUT2D eigenvalue weighted by Gasteiger charge is -2.31. The summed E-state index contributed by atoms with van der Waals surface area (Å²) >= 11 is 0. The van der Waals surface area contributed by atoms with Gasteiger partial charge in [0.1, 0.15) is 5.75 Å². The molecule has 4 nitrogen and oxygen atoms in total. The average Bonchev–Trinajstić information content (AvgIpc) is 2.49. The van der Waals surface area contributed by atoms with Crippen LogP contribution < -0.4 is 15.4 Å². The van der Waals surface area contributed by atoms with Gasteiger partial charge in [0.05, 0.1) is 5.56 Å². The fourth-order valence-electron chi connectivity index (χ4n) is 2.59. The fourth-order valence-corrected chi connectivity index (χ4v) is 2.59. The molecule has 3 unspecified atom stereocenters. The summed E-state index contributed by atoms with van der Waals surface area (Å²) in [6, 6.07) is 4.98. The lowest BCUT2D eigenvalue weighted by molar-refractivity contribution is -0.140. The van der Waals surface area contributed by atoms with Crippen LogP contribution in [0.1, 0.15) is 32.3 Å². The van der Waals surface area contributed by atoms with E-state index in [9.17, 15) is 18.0 Å². The topological polar surface area (TPSA) is 50.4 Å². The maximum atomic E-state index is 12.9. The summed E-state index contributed by atoms with van der Waals surface area (Å²) in [5.41, 5.74) is -0.882. The molecule has 1 aromatic carbocycles. The van der Waals surface area contributed by atoms with Gasteiger partial charge in [0.25, 0.3) is 5.91 Å². The van der Waals surface area contributed by atoms with Gasteiger partial charge in [-0.15, -0.1) is 0 Å². The number of benzene rings is 1. The van der Waals surface area contributed by atoms with Gasteiger partial charge in [0.2, 0.25) is 0 Å². The summed E-state index contributed by atoms with van der Waals surface area (Å²) in [7, 11) is 0. The molecule has 3 atom stereocenters. The highest BCUT2D eigenvalue weighted by atomic mass is 19.4. The minimum atomic E-state index is -4.52. The van der Waals surface area contributed by atoms with E-state index in [4.69, 9.17) is 4.74 Å². The van der Waals surface area contributed by atoms with Crippen LogP contribution in [-0.2, 0) is 11.0 Å². The second-order valence-corrected chi connectivity index (χ2v) is 5.75. The number of alkyl halides is 3. The summed E-state index contributed by atoms with van der Waals surface area (Å²) in [6.45, 7) is 4.32. The Morgan fingerprint density at radius 2 is 2.09 bits per heavy atom. The van der Waals surface area contributed by atoms with Gasteiger partial charge in [-0.05, 0) is 45.4 Å². The van der Waals surface area contributed by atoms with Crippen molar-refractivity contribution in [2.45, 2.75) is 51.1 Å². The maximum absolute atomic E-state index is 12.9. The molecule has 0 spiro atoms. The van der Waals surface area contributed by atoms with E-state index in [1.165, 1.54) is 25.1 Å². The number of hydrogen-bond acceptors (Lipinski definition) is 3. The number of amides is 1. The van der Waals surface area contributed by atoms with Crippen molar-refractivity contribution in [2.24, 2.45) is 0 Å². The molecule has 1 amide bonds. The summed E-state index contributed by atoms with van der Waals surface area (Å²) in [5.74, 6) is -0.750. The molecule has 1 aromatic rings. The van der Waals surface area contributed by atoms with Gasteiger partial charge >= 0.3 is 6.18 Å². The normalized spacial score (nSPS) is 23.2. The molecule has 2 rings (SSSR count). The molecule has 0 saturated carbocycles.